The second-order valence-corrected chi connectivity index (χ2v) is 6.86. The number of aromatic nitrogens is 2. The van der Waals surface area contributed by atoms with Crippen LogP contribution in [-0.2, 0) is 0 Å². The number of piperazine rings is 1. The van der Waals surface area contributed by atoms with Crippen LogP contribution in [0.15, 0.2) is 18.5 Å². The highest BCUT2D eigenvalue weighted by atomic mass is 32.2. The molecule has 102 valence electrons. The molecule has 2 saturated heterocycles. The van der Waals surface area contributed by atoms with Crippen molar-refractivity contribution in [1.29, 1.82) is 0 Å². The quantitative estimate of drug-likeness (QED) is 0.789. The van der Waals surface area contributed by atoms with Crippen molar-refractivity contribution in [2.45, 2.75) is 5.25 Å². The van der Waals surface area contributed by atoms with Crippen LogP contribution >= 0.6 is 23.5 Å². The second-order valence-electron chi connectivity index (χ2n) is 4.56. The Morgan fingerprint density at radius 1 is 1.32 bits per heavy atom. The van der Waals surface area contributed by atoms with E-state index in [4.69, 9.17) is 0 Å². The Labute approximate surface area is 121 Å². The molecule has 2 fully saturated rings. The SMILES string of the molecule is O=C(SCC1CS1)N1CCN(c2ncccn2)CC1. The molecule has 1 aromatic heterocycles. The van der Waals surface area contributed by atoms with Crippen LogP contribution in [-0.4, -0.2) is 63.0 Å². The lowest BCUT2D eigenvalue weighted by Gasteiger charge is -2.34. The fourth-order valence-electron chi connectivity index (χ4n) is 1.96. The Kier molecular flexibility index (Phi) is 4.12. The highest BCUT2D eigenvalue weighted by Gasteiger charge is 2.27. The smallest absolute Gasteiger partial charge is 0.281 e. The molecule has 0 aromatic carbocycles. The summed E-state index contributed by atoms with van der Waals surface area (Å²) < 4.78 is 0. The standard InChI is InChI=1S/C12H16N4OS2/c17-12(19-9-10-8-18-10)16-6-4-15(5-7-16)11-13-2-1-3-14-11/h1-3,10H,4-9H2. The van der Waals surface area contributed by atoms with E-state index < -0.39 is 0 Å². The van der Waals surface area contributed by atoms with E-state index in [0.717, 1.165) is 37.9 Å². The minimum absolute atomic E-state index is 0.223. The van der Waals surface area contributed by atoms with Gasteiger partial charge < -0.3 is 9.80 Å². The molecule has 1 aromatic rings. The maximum Gasteiger partial charge on any atom is 0.281 e. The van der Waals surface area contributed by atoms with Gasteiger partial charge in [-0.15, -0.1) is 0 Å². The molecule has 19 heavy (non-hydrogen) atoms. The second kappa shape index (κ2) is 6.00. The van der Waals surface area contributed by atoms with Crippen molar-refractivity contribution in [1.82, 2.24) is 14.9 Å². The third kappa shape index (κ3) is 3.54. The summed E-state index contributed by atoms with van der Waals surface area (Å²) in [5.74, 6) is 2.95. The molecule has 0 saturated carbocycles. The number of nitrogens with zero attached hydrogens (tertiary/aromatic N) is 4. The van der Waals surface area contributed by atoms with Crippen LogP contribution in [0.25, 0.3) is 0 Å². The van der Waals surface area contributed by atoms with Crippen molar-refractivity contribution in [3.63, 3.8) is 0 Å². The van der Waals surface area contributed by atoms with Gasteiger partial charge in [-0.25, -0.2) is 9.97 Å². The molecule has 5 nitrogen and oxygen atoms in total. The van der Waals surface area contributed by atoms with E-state index in [1.54, 1.807) is 12.4 Å². The van der Waals surface area contributed by atoms with E-state index >= 15 is 0 Å². The molecule has 2 aliphatic rings. The molecule has 3 heterocycles. The average molecular weight is 296 g/mol. The number of anilines is 1. The molecule has 1 atom stereocenters. The Bertz CT molecular complexity index is 433. The Hall–Kier alpha value is -0.950. The molecule has 1 unspecified atom stereocenters. The van der Waals surface area contributed by atoms with E-state index in [1.807, 2.05) is 22.7 Å². The van der Waals surface area contributed by atoms with Gasteiger partial charge in [0.05, 0.1) is 0 Å². The zero-order valence-electron chi connectivity index (χ0n) is 10.6. The summed E-state index contributed by atoms with van der Waals surface area (Å²) in [6, 6.07) is 1.82. The minimum Gasteiger partial charge on any atom is -0.337 e. The lowest BCUT2D eigenvalue weighted by molar-refractivity contribution is 0.219. The van der Waals surface area contributed by atoms with Gasteiger partial charge in [-0.1, -0.05) is 11.8 Å². The molecule has 0 radical (unpaired) electrons. The molecule has 0 spiro atoms. The maximum absolute atomic E-state index is 12.0. The van der Waals surface area contributed by atoms with Gasteiger partial charge in [0.15, 0.2) is 0 Å². The van der Waals surface area contributed by atoms with Crippen LogP contribution in [0, 0.1) is 0 Å². The molecular weight excluding hydrogens is 280 g/mol. The number of carbonyl (C=O) groups is 1. The predicted octanol–water partition coefficient (Wildman–Crippen LogP) is 1.57. The van der Waals surface area contributed by atoms with Crippen molar-refractivity contribution in [2.24, 2.45) is 0 Å². The van der Waals surface area contributed by atoms with Gasteiger partial charge in [-0.3, -0.25) is 4.79 Å². The summed E-state index contributed by atoms with van der Waals surface area (Å²) in [5.41, 5.74) is 0. The molecular formula is C12H16N4OS2. The van der Waals surface area contributed by atoms with E-state index in [2.05, 4.69) is 14.9 Å². The van der Waals surface area contributed by atoms with Crippen molar-refractivity contribution in [3.8, 4) is 0 Å². The molecule has 1 amide bonds. The molecule has 0 N–H and O–H groups in total. The zero-order chi connectivity index (χ0) is 13.1. The Morgan fingerprint density at radius 3 is 2.63 bits per heavy atom. The topological polar surface area (TPSA) is 49.3 Å². The lowest BCUT2D eigenvalue weighted by Crippen LogP contribution is -2.48. The third-order valence-corrected chi connectivity index (χ3v) is 5.42. The van der Waals surface area contributed by atoms with E-state index in [1.165, 1.54) is 17.5 Å². The van der Waals surface area contributed by atoms with Crippen molar-refractivity contribution in [2.75, 3.05) is 42.6 Å². The number of hydrogen-bond acceptors (Lipinski definition) is 6. The highest BCUT2D eigenvalue weighted by molar-refractivity contribution is 8.15. The molecule has 2 aliphatic heterocycles. The van der Waals surface area contributed by atoms with E-state index in [9.17, 15) is 4.79 Å². The summed E-state index contributed by atoms with van der Waals surface area (Å²) in [7, 11) is 0. The predicted molar refractivity (Wildman–Crippen MR) is 79.9 cm³/mol. The summed E-state index contributed by atoms with van der Waals surface area (Å²) in [4.78, 5) is 24.6. The number of thioether (sulfide) groups is 2. The van der Waals surface area contributed by atoms with E-state index in [0.29, 0.717) is 5.25 Å². The maximum atomic E-state index is 12.0. The number of amides is 1. The molecule has 7 heteroatoms. The molecule has 3 rings (SSSR count). The number of carbonyl (C=O) groups excluding carboxylic acids is 1. The first-order chi connectivity index (χ1) is 9.33. The van der Waals surface area contributed by atoms with Crippen LogP contribution in [0.4, 0.5) is 10.7 Å². The van der Waals surface area contributed by atoms with Crippen molar-refractivity contribution >= 4 is 34.7 Å². The van der Waals surface area contributed by atoms with Crippen LogP contribution < -0.4 is 4.90 Å². The normalized spacial score (nSPS) is 22.4. The average Bonchev–Trinajstić information content (AvgIpc) is 3.30. The highest BCUT2D eigenvalue weighted by Crippen LogP contribution is 2.33. The Morgan fingerprint density at radius 2 is 2.00 bits per heavy atom. The number of rotatable bonds is 3. The first-order valence-electron chi connectivity index (χ1n) is 6.38. The summed E-state index contributed by atoms with van der Waals surface area (Å²) in [6.45, 7) is 3.16. The van der Waals surface area contributed by atoms with Crippen LogP contribution in [0.2, 0.25) is 0 Å². The fourth-order valence-corrected chi connectivity index (χ4v) is 3.77. The molecule has 0 bridgehead atoms. The Balaban J connectivity index is 1.47. The van der Waals surface area contributed by atoms with Crippen LogP contribution in [0.5, 0.6) is 0 Å². The largest absolute Gasteiger partial charge is 0.337 e. The van der Waals surface area contributed by atoms with Gasteiger partial charge in [0.2, 0.25) is 5.95 Å². The lowest BCUT2D eigenvalue weighted by atomic mass is 10.3. The van der Waals surface area contributed by atoms with Gasteiger partial charge in [-0.2, -0.15) is 11.8 Å². The number of hydrogen-bond donors (Lipinski definition) is 0. The van der Waals surface area contributed by atoms with Gasteiger partial charge in [0.25, 0.3) is 5.24 Å². The van der Waals surface area contributed by atoms with Gasteiger partial charge in [0.1, 0.15) is 0 Å². The van der Waals surface area contributed by atoms with Gasteiger partial charge in [0, 0.05) is 55.3 Å². The first kappa shape index (κ1) is 13.1. The third-order valence-electron chi connectivity index (χ3n) is 3.17. The summed E-state index contributed by atoms with van der Waals surface area (Å²) >= 11 is 3.41. The summed E-state index contributed by atoms with van der Waals surface area (Å²) in [6.07, 6.45) is 3.51. The zero-order valence-corrected chi connectivity index (χ0v) is 12.2. The van der Waals surface area contributed by atoms with Crippen molar-refractivity contribution in [3.05, 3.63) is 18.5 Å². The fraction of sp³-hybridized carbons (Fsp3) is 0.583. The van der Waals surface area contributed by atoms with Gasteiger partial charge >= 0.3 is 0 Å². The van der Waals surface area contributed by atoms with E-state index in [-0.39, 0.29) is 5.24 Å². The van der Waals surface area contributed by atoms with Crippen LogP contribution in [0.3, 0.4) is 0 Å². The van der Waals surface area contributed by atoms with Gasteiger partial charge in [-0.05, 0) is 6.07 Å². The molecule has 0 aliphatic carbocycles. The van der Waals surface area contributed by atoms with Crippen LogP contribution in [0.1, 0.15) is 0 Å². The first-order valence-corrected chi connectivity index (χ1v) is 8.41. The monoisotopic (exact) mass is 296 g/mol. The minimum atomic E-state index is 0.223. The van der Waals surface area contributed by atoms with Crippen molar-refractivity contribution < 1.29 is 4.79 Å². The summed E-state index contributed by atoms with van der Waals surface area (Å²) in [5, 5.41) is 0.939.